The molecule has 0 saturated heterocycles. The van der Waals surface area contributed by atoms with Gasteiger partial charge in [-0.1, -0.05) is 20.3 Å². The van der Waals surface area contributed by atoms with Crippen molar-refractivity contribution in [1.82, 2.24) is 5.32 Å². The van der Waals surface area contributed by atoms with Crippen molar-refractivity contribution >= 4 is 17.5 Å². The van der Waals surface area contributed by atoms with Crippen molar-refractivity contribution in [3.05, 3.63) is 0 Å². The Balaban J connectivity index is 1.77. The number of carbonyl (C=O) groups is 1. The van der Waals surface area contributed by atoms with E-state index in [9.17, 15) is 4.79 Å². The topological polar surface area (TPSA) is 29.1 Å². The van der Waals surface area contributed by atoms with E-state index in [1.165, 1.54) is 25.7 Å². The molecule has 0 spiro atoms. The Morgan fingerprint density at radius 2 is 2.12 bits per heavy atom. The minimum atomic E-state index is 0.128. The fourth-order valence-corrected chi connectivity index (χ4v) is 3.95. The predicted molar refractivity (Wildman–Crippen MR) is 71.0 cm³/mol. The number of hydrogen-bond acceptors (Lipinski definition) is 1. The van der Waals surface area contributed by atoms with Gasteiger partial charge >= 0.3 is 0 Å². The molecule has 2 nitrogen and oxygen atoms in total. The van der Waals surface area contributed by atoms with E-state index >= 15 is 0 Å². The van der Waals surface area contributed by atoms with Gasteiger partial charge in [0.1, 0.15) is 0 Å². The van der Waals surface area contributed by atoms with Crippen molar-refractivity contribution in [2.45, 2.75) is 52.0 Å². The highest BCUT2D eigenvalue weighted by Crippen LogP contribution is 2.49. The van der Waals surface area contributed by atoms with Crippen molar-refractivity contribution in [1.29, 1.82) is 0 Å². The molecule has 0 heterocycles. The van der Waals surface area contributed by atoms with Gasteiger partial charge in [0, 0.05) is 18.3 Å². The van der Waals surface area contributed by atoms with E-state index in [1.54, 1.807) is 0 Å². The molecule has 0 radical (unpaired) electrons. The summed E-state index contributed by atoms with van der Waals surface area (Å²) in [5, 5.41) is 3.08. The van der Waals surface area contributed by atoms with Gasteiger partial charge < -0.3 is 5.32 Å². The van der Waals surface area contributed by atoms with Crippen molar-refractivity contribution in [3.8, 4) is 0 Å². The molecule has 0 aromatic carbocycles. The zero-order valence-electron chi connectivity index (χ0n) is 10.9. The predicted octanol–water partition coefficient (Wildman–Crippen LogP) is 3.19. The van der Waals surface area contributed by atoms with Gasteiger partial charge in [0.15, 0.2) is 0 Å². The Morgan fingerprint density at radius 3 is 2.59 bits per heavy atom. The molecule has 0 aliphatic heterocycles. The van der Waals surface area contributed by atoms with Crippen molar-refractivity contribution < 1.29 is 4.79 Å². The van der Waals surface area contributed by atoms with Crippen LogP contribution in [0.25, 0.3) is 0 Å². The van der Waals surface area contributed by atoms with Crippen LogP contribution in [0, 0.1) is 23.7 Å². The summed E-state index contributed by atoms with van der Waals surface area (Å²) in [6.45, 7) is 4.20. The second-order valence-corrected chi connectivity index (χ2v) is 6.52. The fourth-order valence-electron chi connectivity index (χ4n) is 3.51. The minimum Gasteiger partial charge on any atom is -0.352 e. The summed E-state index contributed by atoms with van der Waals surface area (Å²) >= 11 is 5.87. The molecule has 2 bridgehead atoms. The molecule has 0 aromatic heterocycles. The largest absolute Gasteiger partial charge is 0.352 e. The van der Waals surface area contributed by atoms with Crippen LogP contribution >= 0.6 is 11.6 Å². The monoisotopic (exact) mass is 257 g/mol. The first-order chi connectivity index (χ1) is 8.10. The Bertz CT molecular complexity index is 279. The van der Waals surface area contributed by atoms with Gasteiger partial charge in [0.25, 0.3) is 0 Å². The van der Waals surface area contributed by atoms with Crippen LogP contribution in [0.3, 0.4) is 0 Å². The van der Waals surface area contributed by atoms with E-state index in [0.29, 0.717) is 17.7 Å². The zero-order valence-corrected chi connectivity index (χ0v) is 11.7. The molecule has 4 unspecified atom stereocenters. The molecule has 17 heavy (non-hydrogen) atoms. The molecule has 1 amide bonds. The number of amides is 1. The van der Waals surface area contributed by atoms with Gasteiger partial charge in [0.05, 0.1) is 0 Å². The standard InChI is InChI=1S/C14H24ClNO/c1-9(2)13(8-15)16-14(17)7-12-6-10-3-4-11(12)5-10/h9-13H,3-8H2,1-2H3,(H,16,17). The van der Waals surface area contributed by atoms with Gasteiger partial charge in [-0.2, -0.15) is 0 Å². The van der Waals surface area contributed by atoms with Crippen molar-refractivity contribution in [2.75, 3.05) is 5.88 Å². The lowest BCUT2D eigenvalue weighted by molar-refractivity contribution is -0.123. The highest BCUT2D eigenvalue weighted by Gasteiger charge is 2.40. The average molecular weight is 258 g/mol. The van der Waals surface area contributed by atoms with Crippen LogP contribution in [-0.4, -0.2) is 17.8 Å². The summed E-state index contributed by atoms with van der Waals surface area (Å²) in [7, 11) is 0. The summed E-state index contributed by atoms with van der Waals surface area (Å²) in [6, 6.07) is 0.128. The quantitative estimate of drug-likeness (QED) is 0.753. The van der Waals surface area contributed by atoms with E-state index in [1.807, 2.05) is 0 Å². The smallest absolute Gasteiger partial charge is 0.220 e. The van der Waals surface area contributed by atoms with Crippen LogP contribution in [0.4, 0.5) is 0 Å². The van der Waals surface area contributed by atoms with Gasteiger partial charge in [-0.3, -0.25) is 4.79 Å². The summed E-state index contributed by atoms with van der Waals surface area (Å²) in [5.74, 6) is 3.54. The summed E-state index contributed by atoms with van der Waals surface area (Å²) < 4.78 is 0. The number of fused-ring (bicyclic) bond motifs is 2. The van der Waals surface area contributed by atoms with Crippen LogP contribution in [0.5, 0.6) is 0 Å². The number of hydrogen-bond donors (Lipinski definition) is 1. The molecule has 2 fully saturated rings. The normalized spacial score (nSPS) is 33.1. The van der Waals surface area contributed by atoms with Crippen molar-refractivity contribution in [2.24, 2.45) is 23.7 Å². The first-order valence-electron chi connectivity index (χ1n) is 6.95. The molecule has 2 saturated carbocycles. The Hall–Kier alpha value is -0.240. The maximum atomic E-state index is 12.0. The van der Waals surface area contributed by atoms with E-state index in [-0.39, 0.29) is 11.9 Å². The molecule has 4 atom stereocenters. The fraction of sp³-hybridized carbons (Fsp3) is 0.929. The summed E-state index contributed by atoms with van der Waals surface area (Å²) in [6.07, 6.45) is 6.14. The molecular weight excluding hydrogens is 234 g/mol. The lowest BCUT2D eigenvalue weighted by Gasteiger charge is -2.24. The highest BCUT2D eigenvalue weighted by molar-refractivity contribution is 6.18. The highest BCUT2D eigenvalue weighted by atomic mass is 35.5. The first-order valence-corrected chi connectivity index (χ1v) is 7.49. The third-order valence-corrected chi connectivity index (χ3v) is 4.98. The second kappa shape index (κ2) is 5.60. The first kappa shape index (κ1) is 13.2. The van der Waals surface area contributed by atoms with E-state index < -0.39 is 0 Å². The molecule has 2 rings (SSSR count). The van der Waals surface area contributed by atoms with Gasteiger partial charge in [-0.05, 0) is 42.9 Å². The zero-order chi connectivity index (χ0) is 12.4. The summed E-state index contributed by atoms with van der Waals surface area (Å²) in [5.41, 5.74) is 0. The number of carbonyl (C=O) groups excluding carboxylic acids is 1. The third kappa shape index (κ3) is 3.15. The van der Waals surface area contributed by atoms with Gasteiger partial charge in [0.2, 0.25) is 5.91 Å². The van der Waals surface area contributed by atoms with Crippen LogP contribution in [0.15, 0.2) is 0 Å². The molecule has 2 aliphatic rings. The molecule has 3 heteroatoms. The Labute approximate surface area is 109 Å². The average Bonchev–Trinajstić information content (AvgIpc) is 2.87. The maximum Gasteiger partial charge on any atom is 0.220 e. The molecular formula is C14H24ClNO. The number of alkyl halides is 1. The van der Waals surface area contributed by atoms with E-state index in [2.05, 4.69) is 19.2 Å². The van der Waals surface area contributed by atoms with E-state index in [0.717, 1.165) is 18.3 Å². The molecule has 1 N–H and O–H groups in total. The lowest BCUT2D eigenvalue weighted by atomic mass is 9.86. The lowest BCUT2D eigenvalue weighted by Crippen LogP contribution is -2.40. The van der Waals surface area contributed by atoms with Crippen LogP contribution in [0.1, 0.15) is 46.0 Å². The summed E-state index contributed by atoms with van der Waals surface area (Å²) in [4.78, 5) is 12.0. The number of nitrogens with one attached hydrogen (secondary N) is 1. The van der Waals surface area contributed by atoms with Crippen LogP contribution in [-0.2, 0) is 4.79 Å². The maximum absolute atomic E-state index is 12.0. The number of rotatable bonds is 5. The molecule has 0 aromatic rings. The van der Waals surface area contributed by atoms with Crippen LogP contribution < -0.4 is 5.32 Å². The molecule has 2 aliphatic carbocycles. The SMILES string of the molecule is CC(C)C(CCl)NC(=O)CC1CC2CCC1C2. The van der Waals surface area contributed by atoms with E-state index in [4.69, 9.17) is 11.6 Å². The van der Waals surface area contributed by atoms with Crippen molar-refractivity contribution in [3.63, 3.8) is 0 Å². The Kier molecular flexibility index (Phi) is 4.35. The van der Waals surface area contributed by atoms with Crippen LogP contribution in [0.2, 0.25) is 0 Å². The second-order valence-electron chi connectivity index (χ2n) is 6.21. The minimum absolute atomic E-state index is 0.128. The molecule has 98 valence electrons. The number of halogens is 1. The Morgan fingerprint density at radius 1 is 1.35 bits per heavy atom. The third-order valence-electron chi connectivity index (χ3n) is 4.65. The van der Waals surface area contributed by atoms with Gasteiger partial charge in [-0.15, -0.1) is 11.6 Å². The van der Waals surface area contributed by atoms with Gasteiger partial charge in [-0.25, -0.2) is 0 Å².